The van der Waals surface area contributed by atoms with Crippen molar-refractivity contribution < 1.29 is 4.92 Å². The Balaban J connectivity index is 3.10. The zero-order chi connectivity index (χ0) is 11.4. The molecule has 0 fully saturated rings. The van der Waals surface area contributed by atoms with E-state index in [0.717, 1.165) is 5.56 Å². The minimum absolute atomic E-state index is 0.131. The maximum Gasteiger partial charge on any atom is 0.292 e. The number of rotatable bonds is 4. The minimum atomic E-state index is -0.366. The van der Waals surface area contributed by atoms with Gasteiger partial charge in [0.1, 0.15) is 5.69 Å². The van der Waals surface area contributed by atoms with Crippen LogP contribution in [-0.4, -0.2) is 25.1 Å². The van der Waals surface area contributed by atoms with Crippen LogP contribution in [0.5, 0.6) is 0 Å². The highest BCUT2D eigenvalue weighted by Gasteiger charge is 2.16. The molecule has 5 nitrogen and oxygen atoms in total. The van der Waals surface area contributed by atoms with E-state index >= 15 is 0 Å². The third-order valence-corrected chi connectivity index (χ3v) is 2.20. The van der Waals surface area contributed by atoms with Gasteiger partial charge in [-0.25, -0.2) is 0 Å². The van der Waals surface area contributed by atoms with Crippen LogP contribution in [0.15, 0.2) is 18.2 Å². The lowest BCUT2D eigenvalue weighted by Crippen LogP contribution is -2.25. The molecule has 0 aliphatic heterocycles. The second-order valence-electron chi connectivity index (χ2n) is 3.46. The van der Waals surface area contributed by atoms with Crippen molar-refractivity contribution in [3.63, 3.8) is 0 Å². The molecule has 5 heteroatoms. The average Bonchev–Trinajstić information content (AvgIpc) is 2.17. The summed E-state index contributed by atoms with van der Waals surface area (Å²) in [6, 6.07) is 5.18. The Morgan fingerprint density at radius 1 is 1.53 bits per heavy atom. The SMILES string of the molecule is Cc1ccc(N(C)CCN)c([N+](=O)[O-])c1. The first kappa shape index (κ1) is 11.5. The molecule has 0 spiro atoms. The molecule has 0 amide bonds. The van der Waals surface area contributed by atoms with Gasteiger partial charge in [-0.15, -0.1) is 0 Å². The summed E-state index contributed by atoms with van der Waals surface area (Å²) in [5, 5.41) is 10.8. The topological polar surface area (TPSA) is 72.4 Å². The van der Waals surface area contributed by atoms with E-state index in [-0.39, 0.29) is 10.6 Å². The predicted octanol–water partition coefficient (Wildman–Crippen LogP) is 1.30. The van der Waals surface area contributed by atoms with Gasteiger partial charge in [0.25, 0.3) is 5.69 Å². The Bertz CT molecular complexity index is 366. The van der Waals surface area contributed by atoms with Crippen LogP contribution in [0.25, 0.3) is 0 Å². The molecule has 0 aromatic heterocycles. The normalized spacial score (nSPS) is 10.1. The van der Waals surface area contributed by atoms with Crippen molar-refractivity contribution in [2.75, 3.05) is 25.0 Å². The maximum absolute atomic E-state index is 10.8. The number of anilines is 1. The molecule has 1 rings (SSSR count). The number of aryl methyl sites for hydroxylation is 1. The molecule has 0 unspecified atom stereocenters. The zero-order valence-electron chi connectivity index (χ0n) is 8.93. The fourth-order valence-corrected chi connectivity index (χ4v) is 1.42. The zero-order valence-corrected chi connectivity index (χ0v) is 8.93. The van der Waals surface area contributed by atoms with Crippen molar-refractivity contribution >= 4 is 11.4 Å². The van der Waals surface area contributed by atoms with Crippen molar-refractivity contribution in [1.29, 1.82) is 0 Å². The Morgan fingerprint density at radius 2 is 2.20 bits per heavy atom. The van der Waals surface area contributed by atoms with Gasteiger partial charge in [-0.3, -0.25) is 10.1 Å². The summed E-state index contributed by atoms with van der Waals surface area (Å²) in [6.07, 6.45) is 0. The number of hydrogen-bond donors (Lipinski definition) is 1. The molecule has 0 aliphatic rings. The Labute approximate surface area is 88.6 Å². The van der Waals surface area contributed by atoms with E-state index in [0.29, 0.717) is 18.8 Å². The number of likely N-dealkylation sites (N-methyl/N-ethyl adjacent to an activating group) is 1. The second kappa shape index (κ2) is 4.75. The third kappa shape index (κ3) is 2.66. The van der Waals surface area contributed by atoms with E-state index in [9.17, 15) is 10.1 Å². The Hall–Kier alpha value is -1.62. The first-order chi connectivity index (χ1) is 7.06. The van der Waals surface area contributed by atoms with Gasteiger partial charge in [0.2, 0.25) is 0 Å². The highest BCUT2D eigenvalue weighted by atomic mass is 16.6. The quantitative estimate of drug-likeness (QED) is 0.599. The summed E-state index contributed by atoms with van der Waals surface area (Å²) in [6.45, 7) is 2.91. The van der Waals surface area contributed by atoms with E-state index in [1.54, 1.807) is 24.1 Å². The highest BCUT2D eigenvalue weighted by Crippen LogP contribution is 2.27. The van der Waals surface area contributed by atoms with E-state index in [1.807, 2.05) is 13.0 Å². The number of benzene rings is 1. The number of nitro benzene ring substituents is 1. The van der Waals surface area contributed by atoms with Gasteiger partial charge < -0.3 is 10.6 Å². The Morgan fingerprint density at radius 3 is 2.73 bits per heavy atom. The van der Waals surface area contributed by atoms with E-state index < -0.39 is 0 Å². The van der Waals surface area contributed by atoms with Crippen molar-refractivity contribution in [1.82, 2.24) is 0 Å². The van der Waals surface area contributed by atoms with E-state index in [4.69, 9.17) is 5.73 Å². The monoisotopic (exact) mass is 209 g/mol. The number of nitro groups is 1. The summed E-state index contributed by atoms with van der Waals surface area (Å²) < 4.78 is 0. The number of nitrogens with two attached hydrogens (primary N) is 1. The van der Waals surface area contributed by atoms with Gasteiger partial charge in [0.15, 0.2) is 0 Å². The molecule has 0 radical (unpaired) electrons. The molecular formula is C10H15N3O2. The lowest BCUT2D eigenvalue weighted by molar-refractivity contribution is -0.384. The highest BCUT2D eigenvalue weighted by molar-refractivity contribution is 5.63. The molecule has 0 bridgehead atoms. The van der Waals surface area contributed by atoms with Crippen LogP contribution in [-0.2, 0) is 0 Å². The summed E-state index contributed by atoms with van der Waals surface area (Å²) >= 11 is 0. The molecule has 0 saturated heterocycles. The first-order valence-corrected chi connectivity index (χ1v) is 4.72. The van der Waals surface area contributed by atoms with Gasteiger partial charge in [-0.2, -0.15) is 0 Å². The minimum Gasteiger partial charge on any atom is -0.368 e. The van der Waals surface area contributed by atoms with Crippen LogP contribution >= 0.6 is 0 Å². The van der Waals surface area contributed by atoms with E-state index in [2.05, 4.69) is 0 Å². The van der Waals surface area contributed by atoms with Gasteiger partial charge in [-0.05, 0) is 18.6 Å². The van der Waals surface area contributed by atoms with Gasteiger partial charge in [0.05, 0.1) is 4.92 Å². The van der Waals surface area contributed by atoms with Crippen molar-refractivity contribution in [3.05, 3.63) is 33.9 Å². The van der Waals surface area contributed by atoms with Gasteiger partial charge in [-0.1, -0.05) is 6.07 Å². The van der Waals surface area contributed by atoms with E-state index in [1.165, 1.54) is 0 Å². The second-order valence-corrected chi connectivity index (χ2v) is 3.46. The van der Waals surface area contributed by atoms with Crippen molar-refractivity contribution in [2.45, 2.75) is 6.92 Å². The summed E-state index contributed by atoms with van der Waals surface area (Å²) in [5.74, 6) is 0. The number of hydrogen-bond acceptors (Lipinski definition) is 4. The van der Waals surface area contributed by atoms with Crippen LogP contribution in [0.3, 0.4) is 0 Å². The molecule has 82 valence electrons. The number of nitrogens with zero attached hydrogens (tertiary/aromatic N) is 2. The molecule has 1 aromatic carbocycles. The molecule has 0 heterocycles. The smallest absolute Gasteiger partial charge is 0.292 e. The van der Waals surface area contributed by atoms with Crippen LogP contribution in [0.4, 0.5) is 11.4 Å². The standard InChI is InChI=1S/C10H15N3O2/c1-8-3-4-9(12(2)6-5-11)10(7-8)13(14)15/h3-4,7H,5-6,11H2,1-2H3. The van der Waals surface area contributed by atoms with Crippen LogP contribution in [0, 0.1) is 17.0 Å². The molecule has 0 aliphatic carbocycles. The maximum atomic E-state index is 10.8. The Kier molecular flexibility index (Phi) is 3.62. The third-order valence-electron chi connectivity index (χ3n) is 2.20. The molecule has 1 aromatic rings. The fraction of sp³-hybridized carbons (Fsp3) is 0.400. The van der Waals surface area contributed by atoms with Crippen molar-refractivity contribution in [3.8, 4) is 0 Å². The summed E-state index contributed by atoms with van der Waals surface area (Å²) in [5.41, 5.74) is 7.03. The van der Waals surface area contributed by atoms with Crippen LogP contribution in [0.1, 0.15) is 5.56 Å². The van der Waals surface area contributed by atoms with Crippen LogP contribution < -0.4 is 10.6 Å². The average molecular weight is 209 g/mol. The fourth-order valence-electron chi connectivity index (χ4n) is 1.42. The lowest BCUT2D eigenvalue weighted by Gasteiger charge is -2.18. The molecule has 2 N–H and O–H groups in total. The van der Waals surface area contributed by atoms with Crippen molar-refractivity contribution in [2.24, 2.45) is 5.73 Å². The van der Waals surface area contributed by atoms with Gasteiger partial charge >= 0.3 is 0 Å². The lowest BCUT2D eigenvalue weighted by atomic mass is 10.2. The largest absolute Gasteiger partial charge is 0.368 e. The molecule has 15 heavy (non-hydrogen) atoms. The summed E-state index contributed by atoms with van der Waals surface area (Å²) in [4.78, 5) is 12.3. The first-order valence-electron chi connectivity index (χ1n) is 4.72. The molecule has 0 atom stereocenters. The molecular weight excluding hydrogens is 194 g/mol. The predicted molar refractivity (Wildman–Crippen MR) is 60.2 cm³/mol. The summed E-state index contributed by atoms with van der Waals surface area (Å²) in [7, 11) is 1.80. The van der Waals surface area contributed by atoms with Gasteiger partial charge in [0, 0.05) is 26.2 Å². The van der Waals surface area contributed by atoms with Crippen LogP contribution in [0.2, 0.25) is 0 Å². The molecule has 0 saturated carbocycles.